The summed E-state index contributed by atoms with van der Waals surface area (Å²) in [5, 5.41) is 0. The molecule has 1 heteroatoms. The molecule has 0 aromatic heterocycles. The van der Waals surface area contributed by atoms with Gasteiger partial charge in [-0.2, -0.15) is 6.42 Å². The number of hydrogen-bond acceptors (Lipinski definition) is 0. The predicted octanol–water partition coefficient (Wildman–Crippen LogP) is 3.82. The topological polar surface area (TPSA) is 0 Å². The van der Waals surface area contributed by atoms with Gasteiger partial charge in [-0.15, -0.1) is 0 Å². The molecular formula is C11H20Pt. The largest absolute Gasteiger partial charge is 4.00 e. The van der Waals surface area contributed by atoms with Gasteiger partial charge in [0.1, 0.15) is 0 Å². The molecule has 0 saturated heterocycles. The Morgan fingerprint density at radius 1 is 0.833 bits per heavy atom. The van der Waals surface area contributed by atoms with Crippen molar-refractivity contribution >= 4 is 0 Å². The van der Waals surface area contributed by atoms with Crippen LogP contribution in [0.4, 0.5) is 0 Å². The molecule has 0 atom stereocenters. The zero-order chi connectivity index (χ0) is 5.66. The Labute approximate surface area is 93.4 Å². The van der Waals surface area contributed by atoms with E-state index in [0.717, 1.165) is 6.42 Å². The maximum Gasteiger partial charge on any atom is 4.00 e. The van der Waals surface area contributed by atoms with Crippen LogP contribution in [-0.4, -0.2) is 0 Å². The molecule has 0 spiro atoms. The molecule has 0 N–H and O–H groups in total. The molecule has 0 aliphatic heterocycles. The third-order valence-corrected chi connectivity index (χ3v) is 1.24. The normalized spacial score (nSPS) is 13.3. The number of rotatable bonds is 0. The van der Waals surface area contributed by atoms with Crippen LogP contribution in [0.15, 0.2) is 18.2 Å². The predicted molar refractivity (Wildman–Crippen MR) is 54.7 cm³/mol. The maximum absolute atomic E-state index is 3.21. The summed E-state index contributed by atoms with van der Waals surface area (Å²) in [5.74, 6) is 0. The van der Waals surface area contributed by atoms with E-state index < -0.39 is 0 Å². The van der Waals surface area contributed by atoms with E-state index in [-0.39, 0.29) is 43.3 Å². The second-order valence-electron chi connectivity index (χ2n) is 2.00. The van der Waals surface area contributed by atoms with Crippen LogP contribution >= 0.6 is 0 Å². The van der Waals surface area contributed by atoms with E-state index in [1.165, 1.54) is 19.3 Å². The molecule has 12 heavy (non-hydrogen) atoms. The molecule has 0 aromatic carbocycles. The van der Waals surface area contributed by atoms with Gasteiger partial charge in [-0.3, -0.25) is 6.08 Å². The van der Waals surface area contributed by atoms with E-state index >= 15 is 0 Å². The number of hydrogen-bond donors (Lipinski definition) is 0. The minimum Gasteiger partial charge on any atom is -0.500 e. The van der Waals surface area contributed by atoms with E-state index in [4.69, 9.17) is 0 Å². The Bertz CT molecular complexity index is 77.6. The molecule has 1 aliphatic carbocycles. The third kappa shape index (κ3) is 12.8. The summed E-state index contributed by atoms with van der Waals surface area (Å²) in [4.78, 5) is 0. The fourth-order valence-corrected chi connectivity index (χ4v) is 0.786. The first-order valence-corrected chi connectivity index (χ1v) is 3.20. The molecule has 1 aliphatic rings. The van der Waals surface area contributed by atoms with Gasteiger partial charge in [0.25, 0.3) is 0 Å². The van der Waals surface area contributed by atoms with E-state index in [0.29, 0.717) is 0 Å². The van der Waals surface area contributed by atoms with Crippen molar-refractivity contribution in [2.45, 2.75) is 25.7 Å². The molecule has 0 fully saturated rings. The van der Waals surface area contributed by atoms with Crippen LogP contribution in [0.25, 0.3) is 0 Å². The zero-order valence-electron chi connectivity index (χ0n) is 8.38. The summed E-state index contributed by atoms with van der Waals surface area (Å²) in [6, 6.07) is 0. The van der Waals surface area contributed by atoms with Crippen molar-refractivity contribution in [3.05, 3.63) is 46.6 Å². The first kappa shape index (κ1) is 22.7. The minimum atomic E-state index is 0. The van der Waals surface area contributed by atoms with Gasteiger partial charge < -0.3 is 28.4 Å². The van der Waals surface area contributed by atoms with Crippen LogP contribution in [0.3, 0.4) is 0 Å². The zero-order valence-corrected chi connectivity index (χ0v) is 10.6. The van der Waals surface area contributed by atoms with Gasteiger partial charge in [0.2, 0.25) is 0 Å². The van der Waals surface area contributed by atoms with Gasteiger partial charge in [0, 0.05) is 0 Å². The van der Waals surface area contributed by atoms with Gasteiger partial charge in [-0.1, -0.05) is 25.0 Å². The van der Waals surface area contributed by atoms with Crippen LogP contribution < -0.4 is 0 Å². The Kier molecular flexibility index (Phi) is 32.8. The van der Waals surface area contributed by atoms with Crippen LogP contribution in [0.2, 0.25) is 0 Å². The van der Waals surface area contributed by atoms with Crippen LogP contribution in [0.1, 0.15) is 25.7 Å². The fourth-order valence-electron chi connectivity index (χ4n) is 0.786. The third-order valence-electron chi connectivity index (χ3n) is 1.24. The molecule has 0 radical (unpaired) electrons. The van der Waals surface area contributed by atoms with Crippen molar-refractivity contribution in [1.29, 1.82) is 0 Å². The van der Waals surface area contributed by atoms with Crippen molar-refractivity contribution in [3.8, 4) is 0 Å². The molecule has 0 amide bonds. The van der Waals surface area contributed by atoms with E-state index in [1.807, 2.05) is 0 Å². The Balaban J connectivity index is -0.0000000800. The monoisotopic (exact) mass is 347 g/mol. The Morgan fingerprint density at radius 3 is 2.08 bits per heavy atom. The molecule has 0 saturated carbocycles. The summed E-state index contributed by atoms with van der Waals surface area (Å²) >= 11 is 0. The summed E-state index contributed by atoms with van der Waals surface area (Å²) in [6.07, 6.45) is 14.5. The SMILES string of the molecule is [C-]1=CCCC=CCC1.[CH3-].[CH3-].[CH3-].[Pt+4]. The molecule has 0 bridgehead atoms. The second-order valence-corrected chi connectivity index (χ2v) is 2.00. The summed E-state index contributed by atoms with van der Waals surface area (Å²) in [6.45, 7) is 0. The molecule has 0 unspecified atom stereocenters. The van der Waals surface area contributed by atoms with E-state index in [1.54, 1.807) is 0 Å². The summed E-state index contributed by atoms with van der Waals surface area (Å²) in [7, 11) is 0. The molecule has 74 valence electrons. The van der Waals surface area contributed by atoms with Crippen LogP contribution in [-0.2, 0) is 21.1 Å². The van der Waals surface area contributed by atoms with Crippen LogP contribution in [0, 0.1) is 28.4 Å². The van der Waals surface area contributed by atoms with Gasteiger partial charge in [-0.25, -0.2) is 0 Å². The van der Waals surface area contributed by atoms with Crippen LogP contribution in [0.5, 0.6) is 0 Å². The summed E-state index contributed by atoms with van der Waals surface area (Å²) in [5.41, 5.74) is 0. The maximum atomic E-state index is 3.21. The molecule has 0 aromatic rings. The molecule has 0 nitrogen and oxygen atoms in total. The van der Waals surface area contributed by atoms with Crippen molar-refractivity contribution in [1.82, 2.24) is 0 Å². The van der Waals surface area contributed by atoms with Gasteiger partial charge in [-0.05, 0) is 6.42 Å². The first-order chi connectivity index (χ1) is 4.00. The van der Waals surface area contributed by atoms with E-state index in [9.17, 15) is 0 Å². The van der Waals surface area contributed by atoms with Gasteiger partial charge in [0.15, 0.2) is 0 Å². The average molecular weight is 347 g/mol. The minimum absolute atomic E-state index is 0. The first-order valence-electron chi connectivity index (χ1n) is 3.20. The molecular weight excluding hydrogens is 327 g/mol. The Hall–Kier alpha value is 0.168. The standard InChI is InChI=1S/C8H11.3CH3.Pt/c1-2-4-6-8-7-5-3-1;;;;/h1-2,7H,3-6H2;3*1H3;/q4*-1;+4. The molecule has 0 heterocycles. The van der Waals surface area contributed by atoms with Crippen molar-refractivity contribution in [3.63, 3.8) is 0 Å². The summed E-state index contributed by atoms with van der Waals surface area (Å²) < 4.78 is 0. The van der Waals surface area contributed by atoms with Gasteiger partial charge in [0.05, 0.1) is 0 Å². The van der Waals surface area contributed by atoms with E-state index in [2.05, 4.69) is 24.3 Å². The quantitative estimate of drug-likeness (QED) is 0.462. The van der Waals surface area contributed by atoms with Gasteiger partial charge >= 0.3 is 21.1 Å². The van der Waals surface area contributed by atoms with Crippen molar-refractivity contribution in [2.75, 3.05) is 0 Å². The average Bonchev–Trinajstić information content (AvgIpc) is 1.62. The second kappa shape index (κ2) is 17.3. The Morgan fingerprint density at radius 2 is 1.42 bits per heavy atom. The fraction of sp³-hybridized carbons (Fsp3) is 0.364. The number of allylic oxidation sites excluding steroid dienone is 4. The van der Waals surface area contributed by atoms with Crippen molar-refractivity contribution < 1.29 is 21.1 Å². The van der Waals surface area contributed by atoms with Crippen molar-refractivity contribution in [2.24, 2.45) is 0 Å². The molecule has 1 rings (SSSR count). The smallest absolute Gasteiger partial charge is 0.500 e.